The zero-order valence-corrected chi connectivity index (χ0v) is 11.4. The number of ether oxygens (including phenoxy) is 1. The molecule has 4 nitrogen and oxygen atoms in total. The lowest BCUT2D eigenvalue weighted by Gasteiger charge is -2.24. The van der Waals surface area contributed by atoms with Gasteiger partial charge in [0.15, 0.2) is 0 Å². The van der Waals surface area contributed by atoms with Gasteiger partial charge in [0.1, 0.15) is 11.5 Å². The summed E-state index contributed by atoms with van der Waals surface area (Å²) in [7, 11) is 2.10. The molecule has 1 aliphatic heterocycles. The highest BCUT2D eigenvalue weighted by atomic mass is 16.5. The number of likely N-dealkylation sites (N-methyl/N-ethyl adjacent to an activating group) is 1. The third kappa shape index (κ3) is 4.44. The first-order valence-electron chi connectivity index (χ1n) is 6.80. The Morgan fingerprint density at radius 1 is 1.39 bits per heavy atom. The predicted octanol–water partition coefficient (Wildman–Crippen LogP) is 1.79. The zero-order valence-electron chi connectivity index (χ0n) is 11.4. The van der Waals surface area contributed by atoms with E-state index in [4.69, 9.17) is 9.15 Å². The molecule has 0 atom stereocenters. The molecule has 0 bridgehead atoms. The van der Waals surface area contributed by atoms with Gasteiger partial charge < -0.3 is 14.5 Å². The van der Waals surface area contributed by atoms with Crippen molar-refractivity contribution in [3.8, 4) is 0 Å². The van der Waals surface area contributed by atoms with Crippen LogP contribution >= 0.6 is 0 Å². The van der Waals surface area contributed by atoms with Crippen LogP contribution in [-0.4, -0.2) is 44.3 Å². The zero-order chi connectivity index (χ0) is 12.8. The number of piperidine rings is 1. The van der Waals surface area contributed by atoms with Gasteiger partial charge in [0, 0.05) is 6.54 Å². The molecule has 0 radical (unpaired) electrons. The summed E-state index contributed by atoms with van der Waals surface area (Å²) in [5, 5.41) is 3.35. The fourth-order valence-electron chi connectivity index (χ4n) is 2.25. The van der Waals surface area contributed by atoms with E-state index in [-0.39, 0.29) is 0 Å². The summed E-state index contributed by atoms with van der Waals surface area (Å²) >= 11 is 0. The minimum Gasteiger partial charge on any atom is -0.465 e. The average Bonchev–Trinajstić information content (AvgIpc) is 2.76. The molecule has 0 saturated carbocycles. The van der Waals surface area contributed by atoms with E-state index in [0.717, 1.165) is 57.1 Å². The van der Waals surface area contributed by atoms with Crippen molar-refractivity contribution in [1.82, 2.24) is 10.2 Å². The first kappa shape index (κ1) is 13.6. The third-order valence-corrected chi connectivity index (χ3v) is 3.33. The van der Waals surface area contributed by atoms with Crippen molar-refractivity contribution in [3.05, 3.63) is 23.7 Å². The molecule has 102 valence electrons. The molecular formula is C14H24N2O2. The van der Waals surface area contributed by atoms with Gasteiger partial charge in [-0.25, -0.2) is 0 Å². The quantitative estimate of drug-likeness (QED) is 0.837. The molecule has 0 amide bonds. The molecule has 18 heavy (non-hydrogen) atoms. The molecule has 1 saturated heterocycles. The van der Waals surface area contributed by atoms with E-state index in [2.05, 4.69) is 17.3 Å². The van der Waals surface area contributed by atoms with Gasteiger partial charge in [-0.15, -0.1) is 0 Å². The van der Waals surface area contributed by atoms with Gasteiger partial charge in [-0.05, 0) is 52.0 Å². The average molecular weight is 252 g/mol. The maximum absolute atomic E-state index is 5.88. The van der Waals surface area contributed by atoms with Crippen LogP contribution in [0.5, 0.6) is 0 Å². The molecule has 1 N–H and O–H groups in total. The van der Waals surface area contributed by atoms with Gasteiger partial charge >= 0.3 is 0 Å². The molecule has 1 aromatic rings. The first-order chi connectivity index (χ1) is 8.74. The standard InChI is InChI=1S/C14H24N2O2/c1-12-3-4-14(18-12)11-16(2)9-10-17-13-5-7-15-8-6-13/h3-4,13,15H,5-11H2,1-2H3. The summed E-state index contributed by atoms with van der Waals surface area (Å²) in [6.45, 7) is 6.76. The molecule has 1 aliphatic rings. The predicted molar refractivity (Wildman–Crippen MR) is 71.6 cm³/mol. The van der Waals surface area contributed by atoms with Crippen LogP contribution in [0.4, 0.5) is 0 Å². The van der Waals surface area contributed by atoms with Crippen LogP contribution in [0.2, 0.25) is 0 Å². The highest BCUT2D eigenvalue weighted by Crippen LogP contribution is 2.09. The van der Waals surface area contributed by atoms with E-state index in [9.17, 15) is 0 Å². The van der Waals surface area contributed by atoms with Crippen LogP contribution < -0.4 is 5.32 Å². The number of aryl methyl sites for hydroxylation is 1. The minimum absolute atomic E-state index is 0.450. The Hall–Kier alpha value is -0.840. The Bertz CT molecular complexity index is 345. The van der Waals surface area contributed by atoms with Gasteiger partial charge in [0.2, 0.25) is 0 Å². The van der Waals surface area contributed by atoms with Gasteiger partial charge in [0.05, 0.1) is 19.3 Å². The molecule has 0 unspecified atom stereocenters. The second-order valence-electron chi connectivity index (χ2n) is 5.07. The maximum atomic E-state index is 5.88. The molecular weight excluding hydrogens is 228 g/mol. The van der Waals surface area contributed by atoms with Gasteiger partial charge in [0.25, 0.3) is 0 Å². The SMILES string of the molecule is Cc1ccc(CN(C)CCOC2CCNCC2)o1. The van der Waals surface area contributed by atoms with Crippen molar-refractivity contribution < 1.29 is 9.15 Å². The van der Waals surface area contributed by atoms with Crippen LogP contribution in [0.3, 0.4) is 0 Å². The van der Waals surface area contributed by atoms with Crippen molar-refractivity contribution in [2.75, 3.05) is 33.3 Å². The molecule has 2 rings (SSSR count). The Morgan fingerprint density at radius 2 is 2.17 bits per heavy atom. The highest BCUT2D eigenvalue weighted by Gasteiger charge is 2.13. The summed E-state index contributed by atoms with van der Waals surface area (Å²) in [5.74, 6) is 2.00. The topological polar surface area (TPSA) is 37.6 Å². The summed E-state index contributed by atoms with van der Waals surface area (Å²) in [6.07, 6.45) is 2.73. The second-order valence-corrected chi connectivity index (χ2v) is 5.07. The van der Waals surface area contributed by atoms with E-state index < -0.39 is 0 Å². The van der Waals surface area contributed by atoms with Gasteiger partial charge in [-0.1, -0.05) is 0 Å². The lowest BCUT2D eigenvalue weighted by atomic mass is 10.1. The van der Waals surface area contributed by atoms with Crippen molar-refractivity contribution >= 4 is 0 Å². The number of furan rings is 1. The lowest BCUT2D eigenvalue weighted by Crippen LogP contribution is -2.34. The summed E-state index contributed by atoms with van der Waals surface area (Å²) < 4.78 is 11.4. The molecule has 1 fully saturated rings. The molecule has 2 heterocycles. The smallest absolute Gasteiger partial charge is 0.118 e. The molecule has 0 aliphatic carbocycles. The van der Waals surface area contributed by atoms with Crippen LogP contribution in [0.25, 0.3) is 0 Å². The van der Waals surface area contributed by atoms with Gasteiger partial charge in [-0.2, -0.15) is 0 Å². The molecule has 1 aromatic heterocycles. The fraction of sp³-hybridized carbons (Fsp3) is 0.714. The lowest BCUT2D eigenvalue weighted by molar-refractivity contribution is 0.0218. The van der Waals surface area contributed by atoms with Crippen LogP contribution in [0.15, 0.2) is 16.5 Å². The van der Waals surface area contributed by atoms with E-state index in [0.29, 0.717) is 6.10 Å². The minimum atomic E-state index is 0.450. The molecule has 0 spiro atoms. The normalized spacial score (nSPS) is 17.5. The monoisotopic (exact) mass is 252 g/mol. The third-order valence-electron chi connectivity index (χ3n) is 3.33. The number of nitrogens with one attached hydrogen (secondary N) is 1. The Morgan fingerprint density at radius 3 is 2.83 bits per heavy atom. The van der Waals surface area contributed by atoms with Crippen molar-refractivity contribution in [2.24, 2.45) is 0 Å². The van der Waals surface area contributed by atoms with Crippen LogP contribution in [0, 0.1) is 6.92 Å². The summed E-state index contributed by atoms with van der Waals surface area (Å²) in [4.78, 5) is 2.24. The van der Waals surface area contributed by atoms with E-state index >= 15 is 0 Å². The van der Waals surface area contributed by atoms with Crippen molar-refractivity contribution in [2.45, 2.75) is 32.4 Å². The van der Waals surface area contributed by atoms with E-state index in [1.165, 1.54) is 0 Å². The van der Waals surface area contributed by atoms with Crippen molar-refractivity contribution in [1.29, 1.82) is 0 Å². The van der Waals surface area contributed by atoms with E-state index in [1.54, 1.807) is 0 Å². The fourth-order valence-corrected chi connectivity index (χ4v) is 2.25. The number of rotatable bonds is 6. The highest BCUT2D eigenvalue weighted by molar-refractivity contribution is 5.05. The summed E-state index contributed by atoms with van der Waals surface area (Å²) in [6, 6.07) is 4.05. The molecule has 4 heteroatoms. The van der Waals surface area contributed by atoms with Crippen LogP contribution in [-0.2, 0) is 11.3 Å². The van der Waals surface area contributed by atoms with Crippen LogP contribution in [0.1, 0.15) is 24.4 Å². The Balaban J connectivity index is 1.60. The largest absolute Gasteiger partial charge is 0.465 e. The van der Waals surface area contributed by atoms with Crippen molar-refractivity contribution in [3.63, 3.8) is 0 Å². The summed E-state index contributed by atoms with van der Waals surface area (Å²) in [5.41, 5.74) is 0. The number of hydrogen-bond acceptors (Lipinski definition) is 4. The Labute approximate surface area is 109 Å². The number of nitrogens with zero attached hydrogens (tertiary/aromatic N) is 1. The molecule has 0 aromatic carbocycles. The first-order valence-corrected chi connectivity index (χ1v) is 6.80. The second kappa shape index (κ2) is 6.92. The maximum Gasteiger partial charge on any atom is 0.118 e. The Kier molecular flexibility index (Phi) is 5.23. The van der Waals surface area contributed by atoms with Gasteiger partial charge in [-0.3, -0.25) is 4.90 Å². The van der Waals surface area contributed by atoms with E-state index in [1.807, 2.05) is 19.1 Å². The number of hydrogen-bond donors (Lipinski definition) is 1.